The molecule has 1 N–H and O–H groups in total. The summed E-state index contributed by atoms with van der Waals surface area (Å²) in [5.74, 6) is 1.04. The summed E-state index contributed by atoms with van der Waals surface area (Å²) in [7, 11) is 0. The maximum absolute atomic E-state index is 13.1. The fraction of sp³-hybridized carbons (Fsp3) is 0.312. The third kappa shape index (κ3) is 4.99. The highest BCUT2D eigenvalue weighted by atomic mass is 35.5. The molecule has 0 bridgehead atoms. The lowest BCUT2D eigenvalue weighted by Gasteiger charge is -2.09. The van der Waals surface area contributed by atoms with E-state index in [2.05, 4.69) is 24.1 Å². The molecule has 2 rings (SSSR count). The van der Waals surface area contributed by atoms with E-state index in [0.717, 1.165) is 12.2 Å². The number of nitrogens with one attached hydrogen (secondary N) is 1. The van der Waals surface area contributed by atoms with Crippen molar-refractivity contribution in [2.45, 2.75) is 20.4 Å². The Bertz CT molecular complexity index is 605. The largest absolute Gasteiger partial charge is 0.439 e. The van der Waals surface area contributed by atoms with Gasteiger partial charge in [0.25, 0.3) is 0 Å². The number of rotatable bonds is 6. The number of hydrogen-bond donors (Lipinski definition) is 1. The SMILES string of the molecule is CC(C)CNCc1cccc(Oc2ccc(F)c(Cl)c2)n1. The summed E-state index contributed by atoms with van der Waals surface area (Å²) in [6, 6.07) is 9.78. The molecule has 0 radical (unpaired) electrons. The quantitative estimate of drug-likeness (QED) is 0.858. The predicted molar refractivity (Wildman–Crippen MR) is 82.3 cm³/mol. The highest BCUT2D eigenvalue weighted by Gasteiger charge is 2.05. The molecule has 0 aliphatic heterocycles. The zero-order valence-corrected chi connectivity index (χ0v) is 12.8. The zero-order chi connectivity index (χ0) is 15.2. The monoisotopic (exact) mass is 308 g/mol. The molecule has 1 heterocycles. The molecule has 1 aromatic heterocycles. The second-order valence-corrected chi connectivity index (χ2v) is 5.58. The van der Waals surface area contributed by atoms with E-state index in [9.17, 15) is 4.39 Å². The van der Waals surface area contributed by atoms with Gasteiger partial charge in [-0.2, -0.15) is 0 Å². The molecule has 1 aromatic carbocycles. The number of nitrogens with zero attached hydrogens (tertiary/aromatic N) is 1. The average molecular weight is 309 g/mol. The van der Waals surface area contributed by atoms with Crippen LogP contribution in [0.1, 0.15) is 19.5 Å². The van der Waals surface area contributed by atoms with Crippen LogP contribution < -0.4 is 10.1 Å². The van der Waals surface area contributed by atoms with E-state index < -0.39 is 5.82 Å². The summed E-state index contributed by atoms with van der Waals surface area (Å²) in [5, 5.41) is 3.35. The second-order valence-electron chi connectivity index (χ2n) is 5.17. The van der Waals surface area contributed by atoms with E-state index in [-0.39, 0.29) is 5.02 Å². The minimum atomic E-state index is -0.469. The standard InChI is InChI=1S/C16H18ClFN2O/c1-11(2)9-19-10-12-4-3-5-16(20-12)21-13-6-7-15(18)14(17)8-13/h3-8,11,19H,9-10H2,1-2H3. The topological polar surface area (TPSA) is 34.1 Å². The first-order chi connectivity index (χ1) is 10.0. The van der Waals surface area contributed by atoms with E-state index >= 15 is 0 Å². The molecule has 21 heavy (non-hydrogen) atoms. The van der Waals surface area contributed by atoms with E-state index in [4.69, 9.17) is 16.3 Å². The molecule has 0 aliphatic rings. The van der Waals surface area contributed by atoms with Crippen molar-refractivity contribution in [3.05, 3.63) is 52.9 Å². The van der Waals surface area contributed by atoms with Crippen molar-refractivity contribution in [3.8, 4) is 11.6 Å². The lowest BCUT2D eigenvalue weighted by molar-refractivity contribution is 0.457. The molecule has 0 amide bonds. The highest BCUT2D eigenvalue weighted by molar-refractivity contribution is 6.30. The van der Waals surface area contributed by atoms with Gasteiger partial charge in [0, 0.05) is 18.7 Å². The molecular weight excluding hydrogens is 291 g/mol. The maximum Gasteiger partial charge on any atom is 0.219 e. The van der Waals surface area contributed by atoms with Crippen LogP contribution in [-0.4, -0.2) is 11.5 Å². The number of hydrogen-bond acceptors (Lipinski definition) is 3. The van der Waals surface area contributed by atoms with Crippen molar-refractivity contribution in [1.29, 1.82) is 0 Å². The van der Waals surface area contributed by atoms with Gasteiger partial charge in [-0.05, 0) is 30.7 Å². The van der Waals surface area contributed by atoms with Gasteiger partial charge >= 0.3 is 0 Å². The van der Waals surface area contributed by atoms with E-state index in [0.29, 0.717) is 24.1 Å². The molecule has 3 nitrogen and oxygen atoms in total. The van der Waals surface area contributed by atoms with Crippen LogP contribution in [0, 0.1) is 11.7 Å². The first-order valence-corrected chi connectivity index (χ1v) is 7.22. The Hall–Kier alpha value is -1.65. The van der Waals surface area contributed by atoms with Gasteiger partial charge in [0.1, 0.15) is 11.6 Å². The van der Waals surface area contributed by atoms with Crippen LogP contribution in [0.2, 0.25) is 5.02 Å². The van der Waals surface area contributed by atoms with Crippen LogP contribution in [-0.2, 0) is 6.54 Å². The van der Waals surface area contributed by atoms with Crippen molar-refractivity contribution in [1.82, 2.24) is 10.3 Å². The molecule has 5 heteroatoms. The van der Waals surface area contributed by atoms with Crippen molar-refractivity contribution in [2.24, 2.45) is 5.92 Å². The first-order valence-electron chi connectivity index (χ1n) is 6.84. The third-order valence-corrected chi connectivity index (χ3v) is 3.04. The molecule has 112 valence electrons. The highest BCUT2D eigenvalue weighted by Crippen LogP contribution is 2.25. The molecule has 0 atom stereocenters. The number of benzene rings is 1. The van der Waals surface area contributed by atoms with Crippen LogP contribution in [0.25, 0.3) is 0 Å². The Labute approximate surface area is 129 Å². The number of pyridine rings is 1. The summed E-state index contributed by atoms with van der Waals surface area (Å²) >= 11 is 5.72. The van der Waals surface area contributed by atoms with Crippen LogP contribution in [0.3, 0.4) is 0 Å². The Balaban J connectivity index is 2.01. The van der Waals surface area contributed by atoms with Crippen LogP contribution in [0.15, 0.2) is 36.4 Å². The van der Waals surface area contributed by atoms with Gasteiger partial charge in [0.2, 0.25) is 5.88 Å². The smallest absolute Gasteiger partial charge is 0.219 e. The van der Waals surface area contributed by atoms with Crippen molar-refractivity contribution >= 4 is 11.6 Å². The van der Waals surface area contributed by atoms with E-state index in [1.807, 2.05) is 12.1 Å². The third-order valence-electron chi connectivity index (χ3n) is 2.75. The fourth-order valence-corrected chi connectivity index (χ4v) is 1.93. The normalized spacial score (nSPS) is 10.9. The molecule has 0 unspecified atom stereocenters. The molecule has 0 spiro atoms. The minimum absolute atomic E-state index is 0.0299. The van der Waals surface area contributed by atoms with E-state index in [1.165, 1.54) is 18.2 Å². The summed E-state index contributed by atoms with van der Waals surface area (Å²) in [4.78, 5) is 4.40. The lowest BCUT2D eigenvalue weighted by Crippen LogP contribution is -2.19. The van der Waals surface area contributed by atoms with Gasteiger partial charge in [0.05, 0.1) is 10.7 Å². The predicted octanol–water partition coefficient (Wildman–Crippen LogP) is 4.41. The maximum atomic E-state index is 13.1. The zero-order valence-electron chi connectivity index (χ0n) is 12.1. The lowest BCUT2D eigenvalue weighted by atomic mass is 10.2. The Morgan fingerprint density at radius 1 is 1.29 bits per heavy atom. The Morgan fingerprint density at radius 2 is 2.10 bits per heavy atom. The molecule has 2 aromatic rings. The Morgan fingerprint density at radius 3 is 2.81 bits per heavy atom. The van der Waals surface area contributed by atoms with Gasteiger partial charge in [-0.15, -0.1) is 0 Å². The number of aromatic nitrogens is 1. The van der Waals surface area contributed by atoms with Gasteiger partial charge in [-0.25, -0.2) is 9.37 Å². The number of halogens is 2. The second kappa shape index (κ2) is 7.38. The summed E-state index contributed by atoms with van der Waals surface area (Å²) in [5.41, 5.74) is 0.890. The summed E-state index contributed by atoms with van der Waals surface area (Å²) < 4.78 is 18.7. The van der Waals surface area contributed by atoms with Crippen molar-refractivity contribution < 1.29 is 9.13 Å². The van der Waals surface area contributed by atoms with Gasteiger partial charge in [-0.3, -0.25) is 0 Å². The van der Waals surface area contributed by atoms with Crippen molar-refractivity contribution in [3.63, 3.8) is 0 Å². The van der Waals surface area contributed by atoms with Crippen LogP contribution >= 0.6 is 11.6 Å². The Kier molecular flexibility index (Phi) is 5.53. The summed E-state index contributed by atoms with van der Waals surface area (Å²) in [6.45, 7) is 5.91. The van der Waals surface area contributed by atoms with Crippen molar-refractivity contribution in [2.75, 3.05) is 6.54 Å². The molecular formula is C16H18ClFN2O. The molecule has 0 saturated carbocycles. The number of ether oxygens (including phenoxy) is 1. The fourth-order valence-electron chi connectivity index (χ4n) is 1.76. The van der Waals surface area contributed by atoms with E-state index in [1.54, 1.807) is 6.07 Å². The first kappa shape index (κ1) is 15.7. The summed E-state index contributed by atoms with van der Waals surface area (Å²) in [6.07, 6.45) is 0. The molecule has 0 fully saturated rings. The molecule has 0 aliphatic carbocycles. The van der Waals surface area contributed by atoms with Gasteiger partial charge < -0.3 is 10.1 Å². The van der Waals surface area contributed by atoms with Gasteiger partial charge in [-0.1, -0.05) is 31.5 Å². The van der Waals surface area contributed by atoms with Crippen LogP contribution in [0.4, 0.5) is 4.39 Å². The average Bonchev–Trinajstić information content (AvgIpc) is 2.43. The molecule has 0 saturated heterocycles. The minimum Gasteiger partial charge on any atom is -0.439 e. The van der Waals surface area contributed by atoms with Crippen LogP contribution in [0.5, 0.6) is 11.6 Å². The van der Waals surface area contributed by atoms with Gasteiger partial charge in [0.15, 0.2) is 0 Å².